The lowest BCUT2D eigenvalue weighted by Crippen LogP contribution is -2.39. The van der Waals surface area contributed by atoms with E-state index in [1.165, 1.54) is 30.3 Å². The number of benzene rings is 1. The second-order valence-electron chi connectivity index (χ2n) is 6.40. The van der Waals surface area contributed by atoms with Crippen LogP contribution in [0.4, 0.5) is 0 Å². The third kappa shape index (κ3) is 3.58. The van der Waals surface area contributed by atoms with Gasteiger partial charge in [-0.05, 0) is 12.1 Å². The van der Waals surface area contributed by atoms with Crippen LogP contribution >= 0.6 is 0 Å². The van der Waals surface area contributed by atoms with Crippen molar-refractivity contribution < 1.29 is 32.3 Å². The zero-order valence-electron chi connectivity index (χ0n) is 15.6. The molecule has 3 rings (SSSR count). The molecule has 0 radical (unpaired) electrons. The quantitative estimate of drug-likeness (QED) is 0.381. The molecule has 0 aliphatic carbocycles. The van der Waals surface area contributed by atoms with Crippen LogP contribution in [0, 0.1) is 0 Å². The lowest BCUT2D eigenvalue weighted by molar-refractivity contribution is -0.148. The number of ketones is 1. The predicted molar refractivity (Wildman–Crippen MR) is 100 cm³/mol. The minimum absolute atomic E-state index is 0.0156. The van der Waals surface area contributed by atoms with Crippen LogP contribution < -0.4 is 0 Å². The number of fused-ring (bicyclic) bond motifs is 1. The Morgan fingerprint density at radius 1 is 1.17 bits per heavy atom. The van der Waals surface area contributed by atoms with Crippen molar-refractivity contribution in [3.63, 3.8) is 0 Å². The molecule has 1 aromatic rings. The summed E-state index contributed by atoms with van der Waals surface area (Å²) in [5.41, 5.74) is -0.276. The molecule has 10 heteroatoms. The molecule has 2 aliphatic rings. The van der Waals surface area contributed by atoms with Gasteiger partial charge < -0.3 is 4.74 Å². The van der Waals surface area contributed by atoms with E-state index in [2.05, 4.69) is 6.58 Å². The smallest absolute Gasteiger partial charge is 0.331 e. The molecular weight excluding hydrogens is 400 g/mol. The van der Waals surface area contributed by atoms with Gasteiger partial charge in [0.2, 0.25) is 11.8 Å². The fraction of sp³-hybridized carbons (Fsp3) is 0.263. The Labute approximate surface area is 167 Å². The lowest BCUT2D eigenvalue weighted by Gasteiger charge is -2.31. The van der Waals surface area contributed by atoms with Gasteiger partial charge in [0.05, 0.1) is 11.4 Å². The first-order valence-electron chi connectivity index (χ1n) is 8.70. The number of allylic oxidation sites excluding steroid dienone is 1. The molecule has 152 valence electrons. The molecule has 2 amide bonds. The van der Waals surface area contributed by atoms with Gasteiger partial charge in [0.15, 0.2) is 11.5 Å². The van der Waals surface area contributed by atoms with Gasteiger partial charge >= 0.3 is 5.97 Å². The molecule has 2 aliphatic heterocycles. The maximum Gasteiger partial charge on any atom is 0.331 e. The van der Waals surface area contributed by atoms with E-state index in [-0.39, 0.29) is 41.3 Å². The average Bonchev–Trinajstić information content (AvgIpc) is 2.97. The Balaban J connectivity index is 2.07. The second kappa shape index (κ2) is 7.63. The number of sulfonamides is 1. The summed E-state index contributed by atoms with van der Waals surface area (Å²) in [4.78, 5) is 48.9. The van der Waals surface area contributed by atoms with E-state index in [1.54, 1.807) is 0 Å². The number of Topliss-reactive ketones (excluding diaryl/α,β-unsaturated/α-hetero) is 1. The number of esters is 1. The highest BCUT2D eigenvalue weighted by atomic mass is 32.2. The van der Waals surface area contributed by atoms with Crippen LogP contribution in [0.15, 0.2) is 47.5 Å². The third-order valence-electron chi connectivity index (χ3n) is 4.45. The third-order valence-corrected chi connectivity index (χ3v) is 6.27. The second-order valence-corrected chi connectivity index (χ2v) is 8.23. The number of carbonyl (C=O) groups is 4. The summed E-state index contributed by atoms with van der Waals surface area (Å²) in [7, 11) is -4.07. The van der Waals surface area contributed by atoms with Gasteiger partial charge in [0.25, 0.3) is 10.0 Å². The fourth-order valence-electron chi connectivity index (χ4n) is 3.18. The number of ether oxygens (including phenoxy) is 1. The zero-order valence-corrected chi connectivity index (χ0v) is 16.4. The molecular formula is C19H18N2O7S. The molecule has 1 aromatic carbocycles. The molecule has 0 aromatic heterocycles. The van der Waals surface area contributed by atoms with Crippen molar-refractivity contribution in [2.24, 2.45) is 0 Å². The first-order valence-corrected chi connectivity index (χ1v) is 10.1. The van der Waals surface area contributed by atoms with Crippen molar-refractivity contribution in [3.8, 4) is 0 Å². The molecule has 2 heterocycles. The highest BCUT2D eigenvalue weighted by Crippen LogP contribution is 2.37. The van der Waals surface area contributed by atoms with Gasteiger partial charge in [-0.25, -0.2) is 13.2 Å². The van der Waals surface area contributed by atoms with E-state index >= 15 is 0 Å². The topological polar surface area (TPSA) is 118 Å². The van der Waals surface area contributed by atoms with Crippen LogP contribution in [0.5, 0.6) is 0 Å². The summed E-state index contributed by atoms with van der Waals surface area (Å²) in [5.74, 6) is -2.83. The molecule has 29 heavy (non-hydrogen) atoms. The summed E-state index contributed by atoms with van der Waals surface area (Å²) in [6.45, 7) is 3.83. The SMILES string of the molecule is C=CCN1C(C(C)=O)=C(OC(=O)CN2C(=O)CCC2=O)c2ccccc2S1(=O)=O. The lowest BCUT2D eigenvalue weighted by atomic mass is 10.1. The van der Waals surface area contributed by atoms with Crippen molar-refractivity contribution in [3.05, 3.63) is 48.2 Å². The first-order chi connectivity index (χ1) is 13.7. The normalized spacial score (nSPS) is 18.0. The Bertz CT molecular complexity index is 1060. The number of nitrogens with zero attached hydrogens (tertiary/aromatic N) is 2. The summed E-state index contributed by atoms with van der Waals surface area (Å²) < 4.78 is 32.1. The Kier molecular flexibility index (Phi) is 5.38. The number of hydrogen-bond donors (Lipinski definition) is 0. The summed E-state index contributed by atoms with van der Waals surface area (Å²) in [6, 6.07) is 5.79. The minimum Gasteiger partial charge on any atom is -0.422 e. The molecule has 0 unspecified atom stereocenters. The van der Waals surface area contributed by atoms with Crippen molar-refractivity contribution in [2.75, 3.05) is 13.1 Å². The highest BCUT2D eigenvalue weighted by molar-refractivity contribution is 7.89. The number of rotatable bonds is 6. The van der Waals surface area contributed by atoms with Gasteiger partial charge in [0, 0.05) is 25.3 Å². The first kappa shape index (κ1) is 20.5. The highest BCUT2D eigenvalue weighted by Gasteiger charge is 2.40. The van der Waals surface area contributed by atoms with Crippen LogP contribution in [-0.2, 0) is 33.9 Å². The summed E-state index contributed by atoms with van der Waals surface area (Å²) in [6.07, 6.45) is 1.33. The summed E-state index contributed by atoms with van der Waals surface area (Å²) >= 11 is 0. The predicted octanol–water partition coefficient (Wildman–Crippen LogP) is 0.827. The van der Waals surface area contributed by atoms with Gasteiger partial charge in [-0.2, -0.15) is 0 Å². The monoisotopic (exact) mass is 418 g/mol. The number of carbonyl (C=O) groups excluding carboxylic acids is 4. The van der Waals surface area contributed by atoms with Crippen molar-refractivity contribution in [1.29, 1.82) is 0 Å². The van der Waals surface area contributed by atoms with E-state index in [1.807, 2.05) is 0 Å². The van der Waals surface area contributed by atoms with Crippen LogP contribution in [-0.4, -0.2) is 54.3 Å². The molecule has 0 saturated carbocycles. The molecule has 1 fully saturated rings. The largest absolute Gasteiger partial charge is 0.422 e. The number of amides is 2. The standard InChI is InChI=1S/C19H18N2O7S/c1-3-10-21-18(12(2)22)19(13-6-4-5-7-14(13)29(21,26)27)28-17(25)11-20-15(23)8-9-16(20)24/h3-7H,1,8-11H2,2H3. The maximum absolute atomic E-state index is 13.0. The van der Waals surface area contributed by atoms with Gasteiger partial charge in [-0.1, -0.05) is 18.2 Å². The minimum atomic E-state index is -4.07. The average molecular weight is 418 g/mol. The van der Waals surface area contributed by atoms with E-state index in [0.717, 1.165) is 16.1 Å². The Hall–Kier alpha value is -3.27. The van der Waals surface area contributed by atoms with E-state index in [0.29, 0.717) is 0 Å². The van der Waals surface area contributed by atoms with Crippen LogP contribution in [0.1, 0.15) is 25.3 Å². The molecule has 9 nitrogen and oxygen atoms in total. The van der Waals surface area contributed by atoms with Crippen molar-refractivity contribution >= 4 is 39.3 Å². The van der Waals surface area contributed by atoms with E-state index < -0.39 is 40.1 Å². The van der Waals surface area contributed by atoms with Gasteiger partial charge in [-0.15, -0.1) is 6.58 Å². The van der Waals surface area contributed by atoms with Gasteiger partial charge in [0.1, 0.15) is 12.2 Å². The number of hydrogen-bond acceptors (Lipinski definition) is 7. The number of likely N-dealkylation sites (tertiary alicyclic amines) is 1. The van der Waals surface area contributed by atoms with Crippen molar-refractivity contribution in [1.82, 2.24) is 9.21 Å². The van der Waals surface area contributed by atoms with E-state index in [4.69, 9.17) is 4.74 Å². The zero-order chi connectivity index (χ0) is 21.3. The van der Waals surface area contributed by atoms with E-state index in [9.17, 15) is 27.6 Å². The van der Waals surface area contributed by atoms with Crippen LogP contribution in [0.2, 0.25) is 0 Å². The van der Waals surface area contributed by atoms with Crippen LogP contribution in [0.3, 0.4) is 0 Å². The number of imide groups is 1. The Morgan fingerprint density at radius 3 is 2.38 bits per heavy atom. The molecule has 0 N–H and O–H groups in total. The fourth-order valence-corrected chi connectivity index (χ4v) is 4.86. The molecule has 1 saturated heterocycles. The van der Waals surface area contributed by atoms with Crippen molar-refractivity contribution in [2.45, 2.75) is 24.7 Å². The molecule has 0 bridgehead atoms. The maximum atomic E-state index is 13.0. The summed E-state index contributed by atoms with van der Waals surface area (Å²) in [5, 5.41) is 0. The Morgan fingerprint density at radius 2 is 1.79 bits per heavy atom. The van der Waals surface area contributed by atoms with Crippen LogP contribution in [0.25, 0.3) is 5.76 Å². The van der Waals surface area contributed by atoms with Gasteiger partial charge in [-0.3, -0.25) is 23.6 Å². The molecule has 0 atom stereocenters. The molecule has 0 spiro atoms.